The lowest BCUT2D eigenvalue weighted by Gasteiger charge is -2.25. The molecule has 1 N–H and O–H groups in total. The lowest BCUT2D eigenvalue weighted by Crippen LogP contribution is -2.23. The molecule has 100 valence electrons. The van der Waals surface area contributed by atoms with Gasteiger partial charge in [-0.25, -0.2) is 4.68 Å². The average Bonchev–Trinajstić information content (AvgIpc) is 2.89. The van der Waals surface area contributed by atoms with Gasteiger partial charge in [-0.1, -0.05) is 0 Å². The molecule has 3 rings (SSSR count). The van der Waals surface area contributed by atoms with E-state index in [1.54, 1.807) is 13.2 Å². The zero-order chi connectivity index (χ0) is 13.4. The van der Waals surface area contributed by atoms with Crippen LogP contribution in [-0.2, 0) is 13.5 Å². The minimum Gasteiger partial charge on any atom is -0.376 e. The maximum Gasteiger partial charge on any atom is 0.282 e. The van der Waals surface area contributed by atoms with Crippen molar-refractivity contribution in [1.82, 2.24) is 9.78 Å². The summed E-state index contributed by atoms with van der Waals surface area (Å²) in [6.07, 6.45) is 5.14. The maximum atomic E-state index is 11.8. The van der Waals surface area contributed by atoms with Crippen LogP contribution in [0.3, 0.4) is 0 Å². The fourth-order valence-electron chi connectivity index (χ4n) is 2.44. The third-order valence-electron chi connectivity index (χ3n) is 3.46. The molecule has 19 heavy (non-hydrogen) atoms. The molecule has 0 aromatic carbocycles. The number of fused-ring (bicyclic) bond motifs is 1. The van der Waals surface area contributed by atoms with Crippen LogP contribution in [0.4, 0.5) is 5.69 Å². The second-order valence-corrected chi connectivity index (χ2v) is 6.48. The fourth-order valence-corrected chi connectivity index (χ4v) is 3.90. The van der Waals surface area contributed by atoms with Crippen LogP contribution in [0.1, 0.15) is 29.3 Å². The fraction of sp³-hybridized carbons (Fsp3) is 0.385. The van der Waals surface area contributed by atoms with Crippen LogP contribution in [0.15, 0.2) is 26.9 Å². The quantitative estimate of drug-likeness (QED) is 0.914. The van der Waals surface area contributed by atoms with Gasteiger partial charge in [0.1, 0.15) is 4.47 Å². The van der Waals surface area contributed by atoms with Gasteiger partial charge in [-0.05, 0) is 52.2 Å². The van der Waals surface area contributed by atoms with Crippen molar-refractivity contribution in [1.29, 1.82) is 0 Å². The van der Waals surface area contributed by atoms with Crippen LogP contribution >= 0.6 is 27.3 Å². The molecule has 2 aromatic heterocycles. The number of nitrogens with one attached hydrogen (secondary N) is 1. The van der Waals surface area contributed by atoms with Crippen molar-refractivity contribution in [3.63, 3.8) is 0 Å². The Morgan fingerprint density at radius 1 is 1.58 bits per heavy atom. The Hall–Kier alpha value is -1.14. The number of anilines is 1. The molecule has 1 atom stereocenters. The van der Waals surface area contributed by atoms with Gasteiger partial charge in [0.15, 0.2) is 0 Å². The normalized spacial score (nSPS) is 18.1. The van der Waals surface area contributed by atoms with Crippen molar-refractivity contribution in [2.75, 3.05) is 5.32 Å². The summed E-state index contributed by atoms with van der Waals surface area (Å²) in [4.78, 5) is 13.3. The van der Waals surface area contributed by atoms with Gasteiger partial charge in [-0.15, -0.1) is 11.3 Å². The predicted molar refractivity (Wildman–Crippen MR) is 80.8 cm³/mol. The molecule has 0 amide bonds. The minimum atomic E-state index is -0.119. The topological polar surface area (TPSA) is 46.9 Å². The summed E-state index contributed by atoms with van der Waals surface area (Å²) in [7, 11) is 1.65. The van der Waals surface area contributed by atoms with E-state index in [2.05, 4.69) is 37.8 Å². The van der Waals surface area contributed by atoms with Crippen LogP contribution in [0.5, 0.6) is 0 Å². The van der Waals surface area contributed by atoms with E-state index < -0.39 is 0 Å². The number of aromatic nitrogens is 2. The van der Waals surface area contributed by atoms with Crippen molar-refractivity contribution in [3.05, 3.63) is 42.9 Å². The van der Waals surface area contributed by atoms with Gasteiger partial charge >= 0.3 is 0 Å². The highest BCUT2D eigenvalue weighted by Crippen LogP contribution is 2.36. The molecule has 0 radical (unpaired) electrons. The highest BCUT2D eigenvalue weighted by atomic mass is 79.9. The van der Waals surface area contributed by atoms with Crippen molar-refractivity contribution in [3.8, 4) is 0 Å². The van der Waals surface area contributed by atoms with E-state index in [1.165, 1.54) is 28.0 Å². The lowest BCUT2D eigenvalue weighted by molar-refractivity contribution is 0.606. The first-order valence-corrected chi connectivity index (χ1v) is 7.88. The minimum absolute atomic E-state index is 0.119. The Balaban J connectivity index is 1.92. The highest BCUT2D eigenvalue weighted by molar-refractivity contribution is 9.10. The smallest absolute Gasteiger partial charge is 0.282 e. The summed E-state index contributed by atoms with van der Waals surface area (Å²) < 4.78 is 1.87. The van der Waals surface area contributed by atoms with Crippen LogP contribution < -0.4 is 10.9 Å². The van der Waals surface area contributed by atoms with E-state index in [4.69, 9.17) is 0 Å². The molecular weight excluding hydrogens is 326 g/mol. The second kappa shape index (κ2) is 5.09. The zero-order valence-electron chi connectivity index (χ0n) is 10.5. The highest BCUT2D eigenvalue weighted by Gasteiger charge is 2.22. The number of rotatable bonds is 2. The molecule has 1 unspecified atom stereocenters. The van der Waals surface area contributed by atoms with E-state index in [-0.39, 0.29) is 11.6 Å². The van der Waals surface area contributed by atoms with Crippen molar-refractivity contribution in [2.24, 2.45) is 7.05 Å². The standard InChI is InChI=1S/C13H14BrN3OS/c1-17-13(18)12(14)10(7-15-17)16-9-3-2-4-11-8(9)5-6-19-11/h5-7,9,16H,2-4H2,1H3. The lowest BCUT2D eigenvalue weighted by atomic mass is 9.94. The van der Waals surface area contributed by atoms with Gasteiger partial charge in [0.05, 0.1) is 17.9 Å². The van der Waals surface area contributed by atoms with Crippen LogP contribution in [-0.4, -0.2) is 9.78 Å². The SMILES string of the molecule is Cn1ncc(NC2CCCc3sccc32)c(Br)c1=O. The second-order valence-electron chi connectivity index (χ2n) is 4.69. The number of hydrogen-bond donors (Lipinski definition) is 1. The predicted octanol–water partition coefficient (Wildman–Crippen LogP) is 3.09. The van der Waals surface area contributed by atoms with Crippen molar-refractivity contribution < 1.29 is 0 Å². The van der Waals surface area contributed by atoms with E-state index in [0.717, 1.165) is 12.1 Å². The molecule has 0 spiro atoms. The summed E-state index contributed by atoms with van der Waals surface area (Å²) in [5.41, 5.74) is 2.02. The molecule has 2 heterocycles. The van der Waals surface area contributed by atoms with Crippen molar-refractivity contribution in [2.45, 2.75) is 25.3 Å². The molecule has 0 bridgehead atoms. The largest absolute Gasteiger partial charge is 0.376 e. The van der Waals surface area contributed by atoms with E-state index >= 15 is 0 Å². The first-order valence-electron chi connectivity index (χ1n) is 6.21. The molecule has 4 nitrogen and oxygen atoms in total. The molecule has 0 aliphatic heterocycles. The molecule has 1 aliphatic carbocycles. The average molecular weight is 340 g/mol. The number of aryl methyl sites for hydroxylation is 2. The Morgan fingerprint density at radius 2 is 2.42 bits per heavy atom. The molecule has 0 saturated carbocycles. The summed E-state index contributed by atoms with van der Waals surface area (Å²) in [6.45, 7) is 0. The first-order chi connectivity index (χ1) is 9.16. The van der Waals surface area contributed by atoms with Crippen LogP contribution in [0.25, 0.3) is 0 Å². The number of nitrogens with zero attached hydrogens (tertiary/aromatic N) is 2. The Kier molecular flexibility index (Phi) is 3.45. The van der Waals surface area contributed by atoms with E-state index in [1.807, 2.05) is 11.3 Å². The van der Waals surface area contributed by atoms with Gasteiger partial charge in [-0.3, -0.25) is 4.79 Å². The van der Waals surface area contributed by atoms with Crippen LogP contribution in [0, 0.1) is 0 Å². The summed E-state index contributed by atoms with van der Waals surface area (Å²) in [5.74, 6) is 0. The van der Waals surface area contributed by atoms with Gasteiger partial charge < -0.3 is 5.32 Å². The summed E-state index contributed by atoms with van der Waals surface area (Å²) >= 11 is 5.17. The summed E-state index contributed by atoms with van der Waals surface area (Å²) in [6, 6.07) is 2.46. The van der Waals surface area contributed by atoms with E-state index in [0.29, 0.717) is 4.47 Å². The molecular formula is C13H14BrN3OS. The van der Waals surface area contributed by atoms with Gasteiger partial charge in [0.25, 0.3) is 5.56 Å². The van der Waals surface area contributed by atoms with Crippen molar-refractivity contribution >= 4 is 33.0 Å². The maximum absolute atomic E-state index is 11.8. The van der Waals surface area contributed by atoms with Crippen LogP contribution in [0.2, 0.25) is 0 Å². The molecule has 0 saturated heterocycles. The first kappa shape index (κ1) is 12.9. The Labute approximate surface area is 123 Å². The number of thiophene rings is 1. The number of hydrogen-bond acceptors (Lipinski definition) is 4. The van der Waals surface area contributed by atoms with E-state index in [9.17, 15) is 4.79 Å². The van der Waals surface area contributed by atoms with Gasteiger partial charge in [0, 0.05) is 11.9 Å². The zero-order valence-corrected chi connectivity index (χ0v) is 12.9. The Bertz CT molecular complexity index is 664. The number of halogens is 1. The van der Waals surface area contributed by atoms with Gasteiger partial charge in [-0.2, -0.15) is 5.10 Å². The molecule has 6 heteroatoms. The monoisotopic (exact) mass is 339 g/mol. The Morgan fingerprint density at radius 3 is 3.26 bits per heavy atom. The third-order valence-corrected chi connectivity index (χ3v) is 5.22. The third kappa shape index (κ3) is 2.34. The molecule has 2 aromatic rings. The molecule has 1 aliphatic rings. The molecule has 0 fully saturated rings. The summed E-state index contributed by atoms with van der Waals surface area (Å²) in [5, 5.41) is 9.65. The van der Waals surface area contributed by atoms with Gasteiger partial charge in [0.2, 0.25) is 0 Å².